The van der Waals surface area contributed by atoms with Crippen molar-refractivity contribution in [2.75, 3.05) is 19.6 Å². The smallest absolute Gasteiger partial charge is 0.255 e. The molecule has 2 aromatic heterocycles. The number of aromatic nitrogens is 2. The van der Waals surface area contributed by atoms with Gasteiger partial charge < -0.3 is 14.7 Å². The summed E-state index contributed by atoms with van der Waals surface area (Å²) in [4.78, 5) is 31.8. The topological polar surface area (TPSA) is 88.3 Å². The normalized spacial score (nSPS) is 14.4. The van der Waals surface area contributed by atoms with Crippen LogP contribution in [0.4, 0.5) is 0 Å². The standard InChI is InChI=1S/C18H24N4O3S/c1-12(2)17-20-16(25-21-17)6-3-8-19-15(23)11-22-9-4-5-14-13(18(22)24)7-10-26-14/h7,10,12H,3-6,8-9,11H2,1-2H3,(H,19,23). The van der Waals surface area contributed by atoms with Gasteiger partial charge in [-0.2, -0.15) is 4.98 Å². The second kappa shape index (κ2) is 8.44. The number of carbonyl (C=O) groups excluding carboxylic acids is 2. The molecule has 1 aliphatic rings. The first-order chi connectivity index (χ1) is 12.5. The third-order valence-corrected chi connectivity index (χ3v) is 5.30. The van der Waals surface area contributed by atoms with Gasteiger partial charge in [0.05, 0.1) is 12.1 Å². The fourth-order valence-electron chi connectivity index (χ4n) is 2.88. The summed E-state index contributed by atoms with van der Waals surface area (Å²) in [6.07, 6.45) is 3.14. The molecule has 0 fully saturated rings. The average molecular weight is 376 g/mol. The van der Waals surface area contributed by atoms with Gasteiger partial charge >= 0.3 is 0 Å². The molecule has 3 rings (SSSR count). The predicted molar refractivity (Wildman–Crippen MR) is 98.3 cm³/mol. The van der Waals surface area contributed by atoms with Crippen molar-refractivity contribution in [3.63, 3.8) is 0 Å². The second-order valence-electron chi connectivity index (χ2n) is 6.74. The Hall–Kier alpha value is -2.22. The number of aryl methyl sites for hydroxylation is 2. The van der Waals surface area contributed by atoms with Gasteiger partial charge in [-0.25, -0.2) is 0 Å². The van der Waals surface area contributed by atoms with Crippen LogP contribution in [-0.4, -0.2) is 46.5 Å². The van der Waals surface area contributed by atoms with Crippen LogP contribution in [0.2, 0.25) is 0 Å². The first-order valence-electron chi connectivity index (χ1n) is 8.99. The molecule has 2 amide bonds. The molecule has 0 aliphatic carbocycles. The van der Waals surface area contributed by atoms with Gasteiger partial charge in [-0.1, -0.05) is 19.0 Å². The van der Waals surface area contributed by atoms with Crippen LogP contribution in [0.15, 0.2) is 16.0 Å². The lowest BCUT2D eigenvalue weighted by molar-refractivity contribution is -0.121. The third-order valence-electron chi connectivity index (χ3n) is 4.32. The lowest BCUT2D eigenvalue weighted by Crippen LogP contribution is -2.41. The number of fused-ring (bicyclic) bond motifs is 1. The summed E-state index contributed by atoms with van der Waals surface area (Å²) in [5, 5.41) is 8.73. The van der Waals surface area contributed by atoms with Gasteiger partial charge in [0.2, 0.25) is 11.8 Å². The third kappa shape index (κ3) is 4.49. The minimum atomic E-state index is -0.134. The Bertz CT molecular complexity index is 768. The van der Waals surface area contributed by atoms with E-state index < -0.39 is 0 Å². The Morgan fingerprint density at radius 2 is 2.31 bits per heavy atom. The van der Waals surface area contributed by atoms with Crippen molar-refractivity contribution in [2.45, 2.75) is 45.4 Å². The monoisotopic (exact) mass is 376 g/mol. The van der Waals surface area contributed by atoms with E-state index in [1.54, 1.807) is 16.2 Å². The number of amides is 2. The van der Waals surface area contributed by atoms with Crippen LogP contribution < -0.4 is 5.32 Å². The number of nitrogens with one attached hydrogen (secondary N) is 1. The number of rotatable bonds is 7. The van der Waals surface area contributed by atoms with E-state index in [0.29, 0.717) is 37.6 Å². The van der Waals surface area contributed by atoms with E-state index in [-0.39, 0.29) is 24.3 Å². The summed E-state index contributed by atoms with van der Waals surface area (Å²) < 4.78 is 5.18. The molecule has 0 aromatic carbocycles. The van der Waals surface area contributed by atoms with Gasteiger partial charge in [-0.05, 0) is 30.7 Å². The number of carbonyl (C=O) groups is 2. The molecule has 0 saturated carbocycles. The van der Waals surface area contributed by atoms with Gasteiger partial charge in [0.25, 0.3) is 5.91 Å². The largest absolute Gasteiger partial charge is 0.355 e. The minimum absolute atomic E-state index is 0.0408. The fourth-order valence-corrected chi connectivity index (χ4v) is 3.79. The maximum Gasteiger partial charge on any atom is 0.255 e. The summed E-state index contributed by atoms with van der Waals surface area (Å²) in [7, 11) is 0. The summed E-state index contributed by atoms with van der Waals surface area (Å²) >= 11 is 1.61. The van der Waals surface area contributed by atoms with Crippen molar-refractivity contribution in [3.05, 3.63) is 33.6 Å². The van der Waals surface area contributed by atoms with Crippen molar-refractivity contribution >= 4 is 23.2 Å². The highest BCUT2D eigenvalue weighted by Crippen LogP contribution is 2.23. The molecule has 0 saturated heterocycles. The van der Waals surface area contributed by atoms with Crippen LogP contribution in [0.25, 0.3) is 0 Å². The van der Waals surface area contributed by atoms with E-state index in [1.165, 1.54) is 0 Å². The highest BCUT2D eigenvalue weighted by atomic mass is 32.1. The second-order valence-corrected chi connectivity index (χ2v) is 7.74. The zero-order valence-electron chi connectivity index (χ0n) is 15.2. The fraction of sp³-hybridized carbons (Fsp3) is 0.556. The van der Waals surface area contributed by atoms with Crippen LogP contribution in [0.3, 0.4) is 0 Å². The molecule has 1 N–H and O–H groups in total. The lowest BCUT2D eigenvalue weighted by Gasteiger charge is -2.19. The lowest BCUT2D eigenvalue weighted by atomic mass is 10.2. The summed E-state index contributed by atoms with van der Waals surface area (Å²) in [6.45, 7) is 5.26. The molecule has 8 heteroatoms. The predicted octanol–water partition coefficient (Wildman–Crippen LogP) is 2.39. The molecule has 0 spiro atoms. The Balaban J connectivity index is 1.42. The SMILES string of the molecule is CC(C)c1noc(CCCNC(=O)CN2CCCc3sccc3C2=O)n1. The average Bonchev–Trinajstić information content (AvgIpc) is 3.24. The van der Waals surface area contributed by atoms with Gasteiger partial charge in [0.1, 0.15) is 0 Å². The maximum absolute atomic E-state index is 12.5. The van der Waals surface area contributed by atoms with Gasteiger partial charge in [-0.15, -0.1) is 11.3 Å². The Kier molecular flexibility index (Phi) is 6.03. The van der Waals surface area contributed by atoms with Crippen LogP contribution >= 0.6 is 11.3 Å². The Morgan fingerprint density at radius 3 is 3.08 bits per heavy atom. The molecule has 26 heavy (non-hydrogen) atoms. The zero-order valence-corrected chi connectivity index (χ0v) is 16.0. The molecular weight excluding hydrogens is 352 g/mol. The van der Waals surface area contributed by atoms with E-state index >= 15 is 0 Å². The minimum Gasteiger partial charge on any atom is -0.355 e. The number of hydrogen-bond acceptors (Lipinski definition) is 6. The highest BCUT2D eigenvalue weighted by molar-refractivity contribution is 7.10. The van der Waals surface area contributed by atoms with E-state index in [0.717, 1.165) is 23.3 Å². The van der Waals surface area contributed by atoms with Crippen molar-refractivity contribution in [1.82, 2.24) is 20.4 Å². The van der Waals surface area contributed by atoms with Crippen LogP contribution in [0, 0.1) is 0 Å². The first kappa shape index (κ1) is 18.6. The van der Waals surface area contributed by atoms with Gasteiger partial charge in [0, 0.05) is 30.3 Å². The molecule has 0 atom stereocenters. The van der Waals surface area contributed by atoms with Crippen molar-refractivity contribution in [3.8, 4) is 0 Å². The van der Waals surface area contributed by atoms with Crippen LogP contribution in [0.1, 0.15) is 59.6 Å². The van der Waals surface area contributed by atoms with E-state index in [4.69, 9.17) is 4.52 Å². The molecule has 140 valence electrons. The van der Waals surface area contributed by atoms with Crippen LogP contribution in [-0.2, 0) is 17.6 Å². The Labute approximate surface area is 156 Å². The van der Waals surface area contributed by atoms with Crippen molar-refractivity contribution in [1.29, 1.82) is 0 Å². The molecule has 0 unspecified atom stereocenters. The van der Waals surface area contributed by atoms with Crippen molar-refractivity contribution < 1.29 is 14.1 Å². The first-order valence-corrected chi connectivity index (χ1v) is 9.87. The maximum atomic E-state index is 12.5. The molecule has 3 heterocycles. The quantitative estimate of drug-likeness (QED) is 0.750. The Morgan fingerprint density at radius 1 is 1.46 bits per heavy atom. The van der Waals surface area contributed by atoms with Gasteiger partial charge in [0.15, 0.2) is 5.82 Å². The van der Waals surface area contributed by atoms with Gasteiger partial charge in [-0.3, -0.25) is 9.59 Å². The number of thiophene rings is 1. The van der Waals surface area contributed by atoms with E-state index in [1.807, 2.05) is 25.3 Å². The summed E-state index contributed by atoms with van der Waals surface area (Å²) in [5.74, 6) is 1.36. The highest BCUT2D eigenvalue weighted by Gasteiger charge is 2.24. The number of nitrogens with zero attached hydrogens (tertiary/aromatic N) is 3. The van der Waals surface area contributed by atoms with Crippen molar-refractivity contribution in [2.24, 2.45) is 0 Å². The molecule has 0 bridgehead atoms. The molecule has 1 aliphatic heterocycles. The van der Waals surface area contributed by atoms with E-state index in [9.17, 15) is 9.59 Å². The molecular formula is C18H24N4O3S. The van der Waals surface area contributed by atoms with Crippen LogP contribution in [0.5, 0.6) is 0 Å². The summed E-state index contributed by atoms with van der Waals surface area (Å²) in [5.41, 5.74) is 0.748. The summed E-state index contributed by atoms with van der Waals surface area (Å²) in [6, 6.07) is 1.86. The molecule has 7 nitrogen and oxygen atoms in total. The molecule has 2 aromatic rings. The number of hydrogen-bond donors (Lipinski definition) is 1. The van der Waals surface area contributed by atoms with E-state index in [2.05, 4.69) is 15.5 Å². The molecule has 0 radical (unpaired) electrons. The zero-order chi connectivity index (χ0) is 18.5.